The summed E-state index contributed by atoms with van der Waals surface area (Å²) in [6.45, 7) is 4.19. The predicted octanol–water partition coefficient (Wildman–Crippen LogP) is 5.53. The molecule has 34 heavy (non-hydrogen) atoms. The summed E-state index contributed by atoms with van der Waals surface area (Å²) in [5, 5.41) is 3.43. The maximum Gasteiger partial charge on any atom is 0.408 e. The second kappa shape index (κ2) is 12.6. The first-order valence-electron chi connectivity index (χ1n) is 11.8. The Morgan fingerprint density at radius 2 is 1.76 bits per heavy atom. The Balaban J connectivity index is 1.69. The molecule has 1 heterocycles. The van der Waals surface area contributed by atoms with Crippen LogP contribution in [0.2, 0.25) is 0 Å². The van der Waals surface area contributed by atoms with Crippen LogP contribution < -0.4 is 15.7 Å². The molecule has 7 heteroatoms. The molecule has 1 atom stereocenters. The van der Waals surface area contributed by atoms with Crippen molar-refractivity contribution in [2.75, 3.05) is 0 Å². The molecular formula is C27H31NO6. The van der Waals surface area contributed by atoms with Gasteiger partial charge in [0, 0.05) is 17.5 Å². The van der Waals surface area contributed by atoms with E-state index < -0.39 is 23.7 Å². The molecule has 2 aromatic carbocycles. The standard InChI is InChI=1S/C27H31NO6/c1-3-5-12-20-16-25(29)34-24-17-21(14-15-22(20)24)33-26(30)23(13-6-4-2)28-27(31)32-18-19-10-8-7-9-11-19/h7-11,14-17,23H,3-6,12-13,18H2,1-2H3,(H,28,31). The molecule has 3 rings (SSSR count). The summed E-state index contributed by atoms with van der Waals surface area (Å²) in [5.41, 5.74) is 1.69. The lowest BCUT2D eigenvalue weighted by molar-refractivity contribution is -0.136. The SMILES string of the molecule is CCCCc1cc(=O)oc2cc(OC(=O)C(CCCC)NC(=O)OCc3ccccc3)ccc12. The number of amides is 1. The second-order valence-electron chi connectivity index (χ2n) is 8.17. The zero-order valence-electron chi connectivity index (χ0n) is 19.7. The molecule has 7 nitrogen and oxygen atoms in total. The fourth-order valence-electron chi connectivity index (χ4n) is 3.60. The van der Waals surface area contributed by atoms with Gasteiger partial charge in [-0.15, -0.1) is 0 Å². The first-order chi connectivity index (χ1) is 16.5. The molecule has 0 aliphatic heterocycles. The van der Waals surface area contributed by atoms with Gasteiger partial charge in [-0.1, -0.05) is 63.4 Å². The van der Waals surface area contributed by atoms with Crippen molar-refractivity contribution < 1.29 is 23.5 Å². The largest absolute Gasteiger partial charge is 0.445 e. The summed E-state index contributed by atoms with van der Waals surface area (Å²) in [6, 6.07) is 14.9. The fraction of sp³-hybridized carbons (Fsp3) is 0.370. The monoisotopic (exact) mass is 465 g/mol. The minimum Gasteiger partial charge on any atom is -0.445 e. The highest BCUT2D eigenvalue weighted by Crippen LogP contribution is 2.24. The number of hydrogen-bond acceptors (Lipinski definition) is 6. The highest BCUT2D eigenvalue weighted by molar-refractivity contribution is 5.85. The van der Waals surface area contributed by atoms with E-state index in [2.05, 4.69) is 12.2 Å². The highest BCUT2D eigenvalue weighted by Gasteiger charge is 2.23. The van der Waals surface area contributed by atoms with E-state index in [1.807, 2.05) is 37.3 Å². The van der Waals surface area contributed by atoms with Crippen molar-refractivity contribution in [2.24, 2.45) is 0 Å². The summed E-state index contributed by atoms with van der Waals surface area (Å²) >= 11 is 0. The molecule has 3 aromatic rings. The van der Waals surface area contributed by atoms with Gasteiger partial charge in [0.05, 0.1) is 0 Å². The van der Waals surface area contributed by atoms with Crippen LogP contribution in [0.1, 0.15) is 57.1 Å². The number of rotatable bonds is 11. The number of benzene rings is 2. The van der Waals surface area contributed by atoms with E-state index in [9.17, 15) is 14.4 Å². The van der Waals surface area contributed by atoms with Crippen LogP contribution in [0.15, 0.2) is 63.8 Å². The van der Waals surface area contributed by atoms with Crippen LogP contribution in [0, 0.1) is 0 Å². The van der Waals surface area contributed by atoms with Crippen LogP contribution in [0.5, 0.6) is 5.75 Å². The number of esters is 1. The number of ether oxygens (including phenoxy) is 2. The Hall–Kier alpha value is -3.61. The van der Waals surface area contributed by atoms with Gasteiger partial charge in [-0.25, -0.2) is 14.4 Å². The van der Waals surface area contributed by atoms with Crippen molar-refractivity contribution in [1.82, 2.24) is 5.32 Å². The van der Waals surface area contributed by atoms with Crippen LogP contribution in [-0.4, -0.2) is 18.1 Å². The van der Waals surface area contributed by atoms with Gasteiger partial charge in [0.2, 0.25) is 0 Å². The van der Waals surface area contributed by atoms with Crippen molar-refractivity contribution in [3.8, 4) is 5.75 Å². The number of nitrogens with one attached hydrogen (secondary N) is 1. The van der Waals surface area contributed by atoms with Crippen molar-refractivity contribution in [1.29, 1.82) is 0 Å². The third-order valence-corrected chi connectivity index (χ3v) is 5.46. The number of unbranched alkanes of at least 4 members (excludes halogenated alkanes) is 2. The van der Waals surface area contributed by atoms with Gasteiger partial charge in [0.1, 0.15) is 24.0 Å². The summed E-state index contributed by atoms with van der Waals surface area (Å²) in [5.74, 6) is -0.358. The topological polar surface area (TPSA) is 94.8 Å². The van der Waals surface area contributed by atoms with Gasteiger partial charge >= 0.3 is 17.7 Å². The van der Waals surface area contributed by atoms with E-state index in [1.54, 1.807) is 12.1 Å². The van der Waals surface area contributed by atoms with E-state index in [0.29, 0.717) is 12.0 Å². The lowest BCUT2D eigenvalue weighted by Crippen LogP contribution is -2.43. The first kappa shape index (κ1) is 25.0. The first-order valence-corrected chi connectivity index (χ1v) is 11.8. The Bertz CT molecular complexity index is 1150. The Morgan fingerprint density at radius 3 is 2.50 bits per heavy atom. The van der Waals surface area contributed by atoms with Gasteiger partial charge in [-0.2, -0.15) is 0 Å². The van der Waals surface area contributed by atoms with Crippen LogP contribution >= 0.6 is 0 Å². The zero-order chi connectivity index (χ0) is 24.3. The molecule has 0 aliphatic rings. The van der Waals surface area contributed by atoms with Crippen LogP contribution in [0.4, 0.5) is 4.79 Å². The van der Waals surface area contributed by atoms with Crippen molar-refractivity contribution in [3.05, 3.63) is 76.1 Å². The summed E-state index contributed by atoms with van der Waals surface area (Å²) in [7, 11) is 0. The van der Waals surface area contributed by atoms with Gasteiger partial charge < -0.3 is 19.2 Å². The van der Waals surface area contributed by atoms with E-state index in [-0.39, 0.29) is 12.4 Å². The zero-order valence-corrected chi connectivity index (χ0v) is 19.7. The van der Waals surface area contributed by atoms with Crippen molar-refractivity contribution in [3.63, 3.8) is 0 Å². The summed E-state index contributed by atoms with van der Waals surface area (Å²) < 4.78 is 16.1. The molecule has 180 valence electrons. The number of alkyl carbamates (subject to hydrolysis) is 1. The molecule has 0 spiro atoms. The molecular weight excluding hydrogens is 434 g/mol. The molecule has 0 saturated carbocycles. The van der Waals surface area contributed by atoms with Gasteiger partial charge in [0.15, 0.2) is 0 Å². The normalized spacial score (nSPS) is 11.7. The Morgan fingerprint density at radius 1 is 1.00 bits per heavy atom. The number of carbonyl (C=O) groups is 2. The van der Waals surface area contributed by atoms with Crippen LogP contribution in [-0.2, 0) is 22.6 Å². The molecule has 0 fully saturated rings. The molecule has 1 aromatic heterocycles. The second-order valence-corrected chi connectivity index (χ2v) is 8.17. The number of aryl methyl sites for hydroxylation is 1. The predicted molar refractivity (Wildman–Crippen MR) is 130 cm³/mol. The lowest BCUT2D eigenvalue weighted by atomic mass is 10.0. The molecule has 0 bridgehead atoms. The molecule has 1 N–H and O–H groups in total. The fourth-order valence-corrected chi connectivity index (χ4v) is 3.60. The maximum absolute atomic E-state index is 12.9. The van der Waals surface area contributed by atoms with Gasteiger partial charge in [0.25, 0.3) is 0 Å². The molecule has 0 saturated heterocycles. The van der Waals surface area contributed by atoms with Gasteiger partial charge in [-0.3, -0.25) is 0 Å². The van der Waals surface area contributed by atoms with E-state index in [1.165, 1.54) is 12.1 Å². The number of hydrogen-bond donors (Lipinski definition) is 1. The maximum atomic E-state index is 12.9. The summed E-state index contributed by atoms with van der Waals surface area (Å²) in [4.78, 5) is 37.1. The molecule has 1 unspecified atom stereocenters. The van der Waals surface area contributed by atoms with Crippen LogP contribution in [0.3, 0.4) is 0 Å². The molecule has 1 amide bonds. The average molecular weight is 466 g/mol. The van der Waals surface area contributed by atoms with Crippen LogP contribution in [0.25, 0.3) is 11.0 Å². The minimum atomic E-state index is -0.859. The van der Waals surface area contributed by atoms with Gasteiger partial charge in [-0.05, 0) is 42.5 Å². The average Bonchev–Trinajstić information content (AvgIpc) is 2.84. The number of carbonyl (C=O) groups excluding carboxylic acids is 2. The molecule has 0 radical (unpaired) electrons. The van der Waals surface area contributed by atoms with Crippen molar-refractivity contribution >= 4 is 23.0 Å². The van der Waals surface area contributed by atoms with E-state index >= 15 is 0 Å². The Kier molecular flexibility index (Phi) is 9.26. The lowest BCUT2D eigenvalue weighted by Gasteiger charge is -2.17. The minimum absolute atomic E-state index is 0.103. The third kappa shape index (κ3) is 7.20. The number of fused-ring (bicyclic) bond motifs is 1. The van der Waals surface area contributed by atoms with E-state index in [4.69, 9.17) is 13.9 Å². The van der Waals surface area contributed by atoms with E-state index in [0.717, 1.165) is 48.6 Å². The quantitative estimate of drug-likeness (QED) is 0.227. The highest BCUT2D eigenvalue weighted by atomic mass is 16.6. The summed E-state index contributed by atoms with van der Waals surface area (Å²) in [6.07, 6.45) is 4.05. The smallest absolute Gasteiger partial charge is 0.408 e. The Labute approximate surface area is 199 Å². The third-order valence-electron chi connectivity index (χ3n) is 5.46. The van der Waals surface area contributed by atoms with Crippen molar-refractivity contribution in [2.45, 2.75) is 65.0 Å². The molecule has 0 aliphatic carbocycles.